The van der Waals surface area contributed by atoms with Gasteiger partial charge in [0, 0.05) is 22.3 Å². The summed E-state index contributed by atoms with van der Waals surface area (Å²) < 4.78 is 15.1. The van der Waals surface area contributed by atoms with Crippen molar-refractivity contribution in [1.82, 2.24) is 9.78 Å². The van der Waals surface area contributed by atoms with Crippen molar-refractivity contribution < 1.29 is 4.39 Å². The Morgan fingerprint density at radius 2 is 1.92 bits per heavy atom. The fourth-order valence-electron chi connectivity index (χ4n) is 2.80. The molecular formula is C18H11Cl2FN2OS. The van der Waals surface area contributed by atoms with Crippen LogP contribution >= 0.6 is 35.0 Å². The lowest BCUT2D eigenvalue weighted by Crippen LogP contribution is -2.22. The van der Waals surface area contributed by atoms with E-state index >= 15 is 0 Å². The molecule has 0 fully saturated rings. The topological polar surface area (TPSA) is 34.9 Å². The Hall–Kier alpha value is -1.82. The van der Waals surface area contributed by atoms with E-state index in [2.05, 4.69) is 5.10 Å². The molecule has 126 valence electrons. The molecule has 0 bridgehead atoms. The van der Waals surface area contributed by atoms with Gasteiger partial charge in [-0.15, -0.1) is 11.8 Å². The Labute approximate surface area is 157 Å². The van der Waals surface area contributed by atoms with Gasteiger partial charge < -0.3 is 0 Å². The van der Waals surface area contributed by atoms with Crippen molar-refractivity contribution in [2.45, 2.75) is 11.3 Å². The molecule has 3 aromatic rings. The second-order valence-electron chi connectivity index (χ2n) is 5.61. The highest BCUT2D eigenvalue weighted by Gasteiger charge is 2.19. The smallest absolute Gasteiger partial charge is 0.267 e. The van der Waals surface area contributed by atoms with Crippen LogP contribution < -0.4 is 5.56 Å². The molecule has 0 saturated carbocycles. The molecule has 2 aromatic carbocycles. The highest BCUT2D eigenvalue weighted by atomic mass is 35.5. The van der Waals surface area contributed by atoms with Crippen molar-refractivity contribution in [3.8, 4) is 16.9 Å². The van der Waals surface area contributed by atoms with Crippen molar-refractivity contribution in [2.24, 2.45) is 0 Å². The van der Waals surface area contributed by atoms with Crippen LogP contribution in [0.2, 0.25) is 10.0 Å². The molecule has 0 radical (unpaired) electrons. The fraction of sp³-hybridized carbons (Fsp3) is 0.111. The summed E-state index contributed by atoms with van der Waals surface area (Å²) in [5.74, 6) is 0.477. The lowest BCUT2D eigenvalue weighted by atomic mass is 10.0. The monoisotopic (exact) mass is 392 g/mol. The van der Waals surface area contributed by atoms with Gasteiger partial charge in [0.05, 0.1) is 21.4 Å². The van der Waals surface area contributed by atoms with Crippen molar-refractivity contribution in [3.63, 3.8) is 0 Å². The van der Waals surface area contributed by atoms with Gasteiger partial charge in [-0.2, -0.15) is 9.78 Å². The minimum absolute atomic E-state index is 0.262. The number of hydrogen-bond acceptors (Lipinski definition) is 3. The summed E-state index contributed by atoms with van der Waals surface area (Å²) in [6, 6.07) is 11.1. The number of thioether (sulfide) groups is 1. The van der Waals surface area contributed by atoms with Gasteiger partial charge >= 0.3 is 0 Å². The second-order valence-corrected chi connectivity index (χ2v) is 7.56. The van der Waals surface area contributed by atoms with E-state index in [4.69, 9.17) is 23.2 Å². The van der Waals surface area contributed by atoms with E-state index in [1.54, 1.807) is 42.1 Å². The maximum Gasteiger partial charge on any atom is 0.271 e. The quantitative estimate of drug-likeness (QED) is 0.584. The molecule has 0 N–H and O–H groups in total. The van der Waals surface area contributed by atoms with Gasteiger partial charge in [-0.3, -0.25) is 4.79 Å². The summed E-state index contributed by atoms with van der Waals surface area (Å²) in [7, 11) is 0. The second kappa shape index (κ2) is 6.48. The largest absolute Gasteiger partial charge is 0.271 e. The van der Waals surface area contributed by atoms with Gasteiger partial charge in [0.25, 0.3) is 5.56 Å². The molecule has 0 spiro atoms. The predicted molar refractivity (Wildman–Crippen MR) is 99.7 cm³/mol. The number of aryl methyl sites for hydroxylation is 1. The summed E-state index contributed by atoms with van der Waals surface area (Å²) in [6.45, 7) is 0. The number of nitrogens with zero attached hydrogens (tertiary/aromatic N) is 2. The average molecular weight is 393 g/mol. The Morgan fingerprint density at radius 1 is 1.08 bits per heavy atom. The van der Waals surface area contributed by atoms with Gasteiger partial charge in [-0.05, 0) is 48.4 Å². The van der Waals surface area contributed by atoms with Crippen LogP contribution in [-0.2, 0) is 6.42 Å². The summed E-state index contributed by atoms with van der Waals surface area (Å²) in [4.78, 5) is 13.5. The Morgan fingerprint density at radius 3 is 2.72 bits per heavy atom. The molecule has 0 unspecified atom stereocenters. The van der Waals surface area contributed by atoms with Gasteiger partial charge in [-0.25, -0.2) is 4.39 Å². The Kier molecular flexibility index (Phi) is 4.31. The van der Waals surface area contributed by atoms with Crippen molar-refractivity contribution in [3.05, 3.63) is 74.2 Å². The van der Waals surface area contributed by atoms with Crippen LogP contribution in [0.5, 0.6) is 0 Å². The van der Waals surface area contributed by atoms with Crippen LogP contribution in [0.4, 0.5) is 4.39 Å². The Bertz CT molecular complexity index is 1050. The van der Waals surface area contributed by atoms with E-state index in [-0.39, 0.29) is 11.4 Å². The lowest BCUT2D eigenvalue weighted by Gasteiger charge is -2.12. The van der Waals surface area contributed by atoms with E-state index in [1.807, 2.05) is 0 Å². The summed E-state index contributed by atoms with van der Waals surface area (Å²) >= 11 is 13.6. The summed E-state index contributed by atoms with van der Waals surface area (Å²) in [6.07, 6.45) is 0.695. The molecule has 7 heteroatoms. The first kappa shape index (κ1) is 16.6. The molecule has 0 saturated heterocycles. The minimum Gasteiger partial charge on any atom is -0.267 e. The molecule has 1 aliphatic heterocycles. The fourth-order valence-corrected chi connectivity index (χ4v) is 4.10. The minimum atomic E-state index is -0.332. The van der Waals surface area contributed by atoms with E-state index in [9.17, 15) is 9.18 Å². The van der Waals surface area contributed by atoms with E-state index in [1.165, 1.54) is 16.8 Å². The number of fused-ring (bicyclic) bond motifs is 3. The number of halogens is 3. The van der Waals surface area contributed by atoms with E-state index in [0.717, 1.165) is 16.2 Å². The SMILES string of the molecule is O=c1cc2c(nn1-c1ccc(Cl)c(Cl)c1)-c1cc(F)ccc1SCC2. The molecule has 3 nitrogen and oxygen atoms in total. The molecular weight excluding hydrogens is 382 g/mol. The van der Waals surface area contributed by atoms with Crippen LogP contribution in [0.15, 0.2) is 52.2 Å². The van der Waals surface area contributed by atoms with Crippen molar-refractivity contribution in [1.29, 1.82) is 0 Å². The van der Waals surface area contributed by atoms with Crippen molar-refractivity contribution >= 4 is 35.0 Å². The van der Waals surface area contributed by atoms with E-state index < -0.39 is 0 Å². The van der Waals surface area contributed by atoms with Crippen LogP contribution in [-0.4, -0.2) is 15.5 Å². The maximum absolute atomic E-state index is 13.8. The zero-order valence-corrected chi connectivity index (χ0v) is 15.1. The summed E-state index contributed by atoms with van der Waals surface area (Å²) in [5, 5.41) is 5.26. The highest BCUT2D eigenvalue weighted by Crippen LogP contribution is 2.36. The highest BCUT2D eigenvalue weighted by molar-refractivity contribution is 7.99. The van der Waals surface area contributed by atoms with Crippen LogP contribution in [0, 0.1) is 5.82 Å². The molecule has 1 aromatic heterocycles. The third-order valence-corrected chi connectivity index (χ3v) is 5.80. The zero-order chi connectivity index (χ0) is 17.6. The third-order valence-electron chi connectivity index (χ3n) is 3.98. The molecule has 0 atom stereocenters. The van der Waals surface area contributed by atoms with Crippen LogP contribution in [0.3, 0.4) is 0 Å². The Balaban J connectivity index is 1.96. The predicted octanol–water partition coefficient (Wildman–Crippen LogP) is 4.99. The number of rotatable bonds is 1. The average Bonchev–Trinajstić information content (AvgIpc) is 2.75. The normalized spacial score (nSPS) is 13.1. The molecule has 4 rings (SSSR count). The van der Waals surface area contributed by atoms with Gasteiger partial charge in [0.2, 0.25) is 0 Å². The number of aromatic nitrogens is 2. The summed E-state index contributed by atoms with van der Waals surface area (Å²) in [5.41, 5.74) is 2.38. The van der Waals surface area contributed by atoms with E-state index in [0.29, 0.717) is 33.4 Å². The number of hydrogen-bond donors (Lipinski definition) is 0. The van der Waals surface area contributed by atoms with Gasteiger partial charge in [0.15, 0.2) is 0 Å². The first-order valence-corrected chi connectivity index (χ1v) is 9.28. The third kappa shape index (κ3) is 3.08. The molecule has 1 aliphatic rings. The molecule has 25 heavy (non-hydrogen) atoms. The first-order valence-electron chi connectivity index (χ1n) is 7.54. The number of benzene rings is 2. The first-order chi connectivity index (χ1) is 12.0. The maximum atomic E-state index is 13.8. The molecule has 0 aliphatic carbocycles. The standard InChI is InChI=1S/C18H11Cl2FN2OS/c19-14-3-2-12(9-15(14)20)23-17(24)7-10-5-6-25-16-4-1-11(21)8-13(16)18(10)22-23/h1-4,7-9H,5-6H2. The van der Waals surface area contributed by atoms with Gasteiger partial charge in [-0.1, -0.05) is 23.2 Å². The lowest BCUT2D eigenvalue weighted by molar-refractivity contribution is 0.627. The zero-order valence-electron chi connectivity index (χ0n) is 12.8. The van der Waals surface area contributed by atoms with Crippen molar-refractivity contribution in [2.75, 3.05) is 5.75 Å². The molecule has 0 amide bonds. The van der Waals surface area contributed by atoms with Crippen LogP contribution in [0.25, 0.3) is 16.9 Å². The van der Waals surface area contributed by atoms with Gasteiger partial charge in [0.1, 0.15) is 5.82 Å². The molecule has 2 heterocycles. The van der Waals surface area contributed by atoms with Crippen LogP contribution in [0.1, 0.15) is 5.56 Å².